The minimum absolute atomic E-state index is 0.132. The zero-order valence-electron chi connectivity index (χ0n) is 12.3. The lowest BCUT2D eigenvalue weighted by molar-refractivity contribution is -0.0960. The normalized spacial score (nSPS) is 28.5. The predicted octanol–water partition coefficient (Wildman–Crippen LogP) is 3.76. The zero-order chi connectivity index (χ0) is 14.6. The first-order chi connectivity index (χ1) is 9.59. The fourth-order valence-corrected chi connectivity index (χ4v) is 4.32. The van der Waals surface area contributed by atoms with Gasteiger partial charge in [0.25, 0.3) is 0 Å². The maximum atomic E-state index is 6.18. The first kappa shape index (κ1) is 16.2. The van der Waals surface area contributed by atoms with Crippen molar-refractivity contribution in [3.8, 4) is 0 Å². The van der Waals surface area contributed by atoms with E-state index in [2.05, 4.69) is 25.3 Å². The molecule has 3 N–H and O–H groups in total. The van der Waals surface area contributed by atoms with Crippen molar-refractivity contribution < 1.29 is 4.74 Å². The highest BCUT2D eigenvalue weighted by molar-refractivity contribution is 7.16. The Morgan fingerprint density at radius 2 is 2.20 bits per heavy atom. The molecule has 1 fully saturated rings. The lowest BCUT2D eigenvalue weighted by Crippen LogP contribution is -2.57. The molecular weight excluding hydrogens is 292 g/mol. The van der Waals surface area contributed by atoms with E-state index in [1.54, 1.807) is 11.3 Å². The largest absolute Gasteiger partial charge is 0.374 e. The molecule has 0 aliphatic heterocycles. The molecule has 1 aromatic heterocycles. The highest BCUT2D eigenvalue weighted by Gasteiger charge is 2.41. The van der Waals surface area contributed by atoms with Crippen LogP contribution in [0.25, 0.3) is 0 Å². The Labute approximate surface area is 130 Å². The Kier molecular flexibility index (Phi) is 5.87. The highest BCUT2D eigenvalue weighted by Crippen LogP contribution is 2.38. The summed E-state index contributed by atoms with van der Waals surface area (Å²) in [5.74, 6) is 6.64. The van der Waals surface area contributed by atoms with Crippen molar-refractivity contribution in [1.82, 2.24) is 5.43 Å². The molecule has 0 radical (unpaired) electrons. The Hall–Kier alpha value is -0.130. The van der Waals surface area contributed by atoms with Gasteiger partial charge in [0.1, 0.15) is 0 Å². The number of nitrogens with two attached hydrogens (primary N) is 1. The van der Waals surface area contributed by atoms with Crippen LogP contribution >= 0.6 is 22.9 Å². The smallest absolute Gasteiger partial charge is 0.0931 e. The summed E-state index contributed by atoms with van der Waals surface area (Å²) in [4.78, 5) is 1.26. The van der Waals surface area contributed by atoms with Crippen LogP contribution in [-0.2, 0) is 11.2 Å². The molecule has 1 saturated carbocycles. The van der Waals surface area contributed by atoms with E-state index >= 15 is 0 Å². The van der Waals surface area contributed by atoms with E-state index in [0.717, 1.165) is 36.1 Å². The standard InChI is InChI=1S/C15H25ClN2OS/c1-3-19-15(8-6-11(2)7-9-15)13(18-17)10-12-4-5-14(16)20-12/h4-5,11,13,18H,3,6-10,17H2,1-2H3. The van der Waals surface area contributed by atoms with Crippen molar-refractivity contribution in [3.05, 3.63) is 21.3 Å². The number of hydrogen-bond acceptors (Lipinski definition) is 4. The van der Waals surface area contributed by atoms with Gasteiger partial charge in [0.05, 0.1) is 16.0 Å². The zero-order valence-corrected chi connectivity index (χ0v) is 13.9. The Morgan fingerprint density at radius 1 is 1.50 bits per heavy atom. The van der Waals surface area contributed by atoms with Crippen molar-refractivity contribution in [3.63, 3.8) is 0 Å². The van der Waals surface area contributed by atoms with Gasteiger partial charge in [0, 0.05) is 17.9 Å². The third-order valence-corrected chi connectivity index (χ3v) is 5.68. The van der Waals surface area contributed by atoms with Gasteiger partial charge in [-0.05, 0) is 50.7 Å². The van der Waals surface area contributed by atoms with Crippen LogP contribution in [0.3, 0.4) is 0 Å². The highest BCUT2D eigenvalue weighted by atomic mass is 35.5. The monoisotopic (exact) mass is 316 g/mol. The van der Waals surface area contributed by atoms with E-state index in [0.29, 0.717) is 0 Å². The molecule has 3 nitrogen and oxygen atoms in total. The van der Waals surface area contributed by atoms with Crippen LogP contribution in [0, 0.1) is 5.92 Å². The van der Waals surface area contributed by atoms with E-state index in [9.17, 15) is 0 Å². The van der Waals surface area contributed by atoms with Gasteiger partial charge in [-0.1, -0.05) is 18.5 Å². The number of nitrogens with one attached hydrogen (secondary N) is 1. The second-order valence-electron chi connectivity index (χ2n) is 5.81. The van der Waals surface area contributed by atoms with Gasteiger partial charge in [-0.3, -0.25) is 11.3 Å². The lowest BCUT2D eigenvalue weighted by atomic mass is 9.74. The molecule has 5 heteroatoms. The summed E-state index contributed by atoms with van der Waals surface area (Å²) in [7, 11) is 0. The summed E-state index contributed by atoms with van der Waals surface area (Å²) in [5, 5.41) is 0. The molecule has 1 aromatic rings. The molecule has 1 aliphatic rings. The number of hydrazine groups is 1. The van der Waals surface area contributed by atoms with Crippen molar-refractivity contribution in [2.45, 2.75) is 57.6 Å². The summed E-state index contributed by atoms with van der Waals surface area (Å²) in [6.07, 6.45) is 5.46. The quantitative estimate of drug-likeness (QED) is 0.620. The number of thiophene rings is 1. The average molecular weight is 317 g/mol. The molecule has 0 saturated heterocycles. The van der Waals surface area contributed by atoms with E-state index in [1.807, 2.05) is 6.07 Å². The molecule has 1 unspecified atom stereocenters. The SMILES string of the molecule is CCOC1(C(Cc2ccc(Cl)s2)NN)CCC(C)CC1. The van der Waals surface area contributed by atoms with Crippen LogP contribution in [0.1, 0.15) is 44.4 Å². The third kappa shape index (κ3) is 3.74. The van der Waals surface area contributed by atoms with Crippen LogP contribution in [0.15, 0.2) is 12.1 Å². The molecule has 0 amide bonds. The average Bonchev–Trinajstić information content (AvgIpc) is 2.85. The van der Waals surface area contributed by atoms with Crippen LogP contribution < -0.4 is 11.3 Å². The Bertz CT molecular complexity index is 416. The molecular formula is C15H25ClN2OS. The Morgan fingerprint density at radius 3 is 2.70 bits per heavy atom. The first-order valence-electron chi connectivity index (χ1n) is 7.44. The molecule has 1 aliphatic carbocycles. The van der Waals surface area contributed by atoms with Gasteiger partial charge in [0.2, 0.25) is 0 Å². The van der Waals surface area contributed by atoms with Gasteiger partial charge in [-0.15, -0.1) is 11.3 Å². The van der Waals surface area contributed by atoms with Crippen molar-refractivity contribution in [1.29, 1.82) is 0 Å². The minimum atomic E-state index is -0.132. The number of rotatable bonds is 6. The summed E-state index contributed by atoms with van der Waals surface area (Å²) < 4.78 is 7.01. The van der Waals surface area contributed by atoms with Crippen molar-refractivity contribution in [2.75, 3.05) is 6.61 Å². The fourth-order valence-electron chi connectivity index (χ4n) is 3.19. The number of hydrogen-bond donors (Lipinski definition) is 2. The van der Waals surface area contributed by atoms with Gasteiger partial charge in [0.15, 0.2) is 0 Å². The number of ether oxygens (including phenoxy) is 1. The molecule has 1 heterocycles. The molecule has 2 rings (SSSR count). The maximum Gasteiger partial charge on any atom is 0.0931 e. The van der Waals surface area contributed by atoms with Crippen molar-refractivity contribution in [2.24, 2.45) is 11.8 Å². The van der Waals surface area contributed by atoms with Crippen LogP contribution in [-0.4, -0.2) is 18.2 Å². The van der Waals surface area contributed by atoms with Crippen molar-refractivity contribution >= 4 is 22.9 Å². The molecule has 114 valence electrons. The van der Waals surface area contributed by atoms with Gasteiger partial charge < -0.3 is 4.74 Å². The van der Waals surface area contributed by atoms with Crippen LogP contribution in [0.5, 0.6) is 0 Å². The number of halogens is 1. The second kappa shape index (κ2) is 7.23. The lowest BCUT2D eigenvalue weighted by Gasteiger charge is -2.44. The third-order valence-electron chi connectivity index (χ3n) is 4.42. The van der Waals surface area contributed by atoms with Gasteiger partial charge in [-0.25, -0.2) is 0 Å². The summed E-state index contributed by atoms with van der Waals surface area (Å²) in [6, 6.07) is 4.18. The summed E-state index contributed by atoms with van der Waals surface area (Å²) in [5.41, 5.74) is 2.88. The first-order valence-corrected chi connectivity index (χ1v) is 8.63. The molecule has 0 bridgehead atoms. The summed E-state index contributed by atoms with van der Waals surface area (Å²) >= 11 is 7.65. The van der Waals surface area contributed by atoms with E-state index < -0.39 is 0 Å². The topological polar surface area (TPSA) is 47.3 Å². The molecule has 1 atom stereocenters. The Balaban J connectivity index is 2.12. The fraction of sp³-hybridized carbons (Fsp3) is 0.733. The predicted molar refractivity (Wildman–Crippen MR) is 86.1 cm³/mol. The molecule has 0 spiro atoms. The van der Waals surface area contributed by atoms with Crippen LogP contribution in [0.2, 0.25) is 4.34 Å². The minimum Gasteiger partial charge on any atom is -0.374 e. The van der Waals surface area contributed by atoms with E-state index in [1.165, 1.54) is 17.7 Å². The maximum absolute atomic E-state index is 6.18. The second-order valence-corrected chi connectivity index (χ2v) is 7.61. The van der Waals surface area contributed by atoms with Gasteiger partial charge >= 0.3 is 0 Å². The summed E-state index contributed by atoms with van der Waals surface area (Å²) in [6.45, 7) is 5.12. The van der Waals surface area contributed by atoms with Gasteiger partial charge in [-0.2, -0.15) is 0 Å². The molecule has 20 heavy (non-hydrogen) atoms. The van der Waals surface area contributed by atoms with E-state index in [4.69, 9.17) is 22.2 Å². The van der Waals surface area contributed by atoms with E-state index in [-0.39, 0.29) is 11.6 Å². The van der Waals surface area contributed by atoms with Crippen LogP contribution in [0.4, 0.5) is 0 Å². The molecule has 0 aromatic carbocycles.